The van der Waals surface area contributed by atoms with Crippen LogP contribution in [0.4, 0.5) is 0 Å². The Balaban J connectivity index is 1.46. The number of hydrogen-bond donors (Lipinski definition) is 1. The number of benzene rings is 3. The van der Waals surface area contributed by atoms with Crippen LogP contribution in [0, 0.1) is 0 Å². The van der Waals surface area contributed by atoms with E-state index < -0.39 is 6.10 Å². The Morgan fingerprint density at radius 3 is 2.50 bits per heavy atom. The zero-order chi connectivity index (χ0) is 19.9. The molecule has 6 heteroatoms. The topological polar surface area (TPSA) is 38.3 Å². The average Bonchev–Trinajstić information content (AvgIpc) is 2.69. The maximum Gasteiger partial charge on any atom is 0.260 e. The molecule has 3 aromatic carbocycles. The number of carbonyl (C=O) groups is 1. The Bertz CT molecular complexity index is 939. The average molecular weight is 434 g/mol. The van der Waals surface area contributed by atoms with Gasteiger partial charge in [-0.1, -0.05) is 65.7 Å². The van der Waals surface area contributed by atoms with E-state index in [-0.39, 0.29) is 5.91 Å². The van der Waals surface area contributed by atoms with E-state index in [1.165, 1.54) is 0 Å². The first kappa shape index (κ1) is 20.8. The van der Waals surface area contributed by atoms with Crippen LogP contribution in [0.2, 0.25) is 10.0 Å². The molecule has 0 fully saturated rings. The van der Waals surface area contributed by atoms with Crippen LogP contribution in [0.25, 0.3) is 10.8 Å². The Kier molecular flexibility index (Phi) is 7.49. The molecule has 0 radical (unpaired) electrons. The summed E-state index contributed by atoms with van der Waals surface area (Å²) in [5.74, 6) is 2.04. The standard InChI is InChI=1S/C22H21Cl2NO2S/c1-15(27-21-11-4-7-16-6-2-3-8-17(16)21)22(26)25-12-13-28-14-18-19(23)9-5-10-20(18)24/h2-11,15H,12-14H2,1H3,(H,25,26)/t15-/m1/s1. The molecule has 0 spiro atoms. The lowest BCUT2D eigenvalue weighted by molar-refractivity contribution is -0.127. The van der Waals surface area contributed by atoms with Gasteiger partial charge in [0.15, 0.2) is 6.10 Å². The first-order valence-corrected chi connectivity index (χ1v) is 10.9. The third-order valence-corrected chi connectivity index (χ3v) is 5.97. The molecule has 3 aromatic rings. The van der Waals surface area contributed by atoms with E-state index in [2.05, 4.69) is 5.32 Å². The maximum absolute atomic E-state index is 12.3. The number of fused-ring (bicyclic) bond motifs is 1. The highest BCUT2D eigenvalue weighted by Crippen LogP contribution is 2.28. The zero-order valence-corrected chi connectivity index (χ0v) is 17.8. The zero-order valence-electron chi connectivity index (χ0n) is 15.5. The summed E-state index contributed by atoms with van der Waals surface area (Å²) in [5.41, 5.74) is 0.926. The van der Waals surface area contributed by atoms with Gasteiger partial charge in [-0.3, -0.25) is 4.79 Å². The van der Waals surface area contributed by atoms with Crippen LogP contribution in [-0.4, -0.2) is 24.3 Å². The van der Waals surface area contributed by atoms with Crippen molar-refractivity contribution in [3.63, 3.8) is 0 Å². The lowest BCUT2D eigenvalue weighted by Crippen LogP contribution is -2.37. The van der Waals surface area contributed by atoms with Crippen molar-refractivity contribution >= 4 is 51.6 Å². The SMILES string of the molecule is C[C@@H](Oc1cccc2ccccc12)C(=O)NCCSCc1c(Cl)cccc1Cl. The number of halogens is 2. The normalized spacial score (nSPS) is 12.0. The number of hydrogen-bond acceptors (Lipinski definition) is 3. The summed E-state index contributed by atoms with van der Waals surface area (Å²) >= 11 is 14.0. The van der Waals surface area contributed by atoms with Gasteiger partial charge < -0.3 is 10.1 Å². The first-order chi connectivity index (χ1) is 13.6. The van der Waals surface area contributed by atoms with Gasteiger partial charge in [0, 0.05) is 33.5 Å². The quantitative estimate of drug-likeness (QED) is 0.445. The molecular formula is C22H21Cl2NO2S. The Hall–Kier alpha value is -1.88. The van der Waals surface area contributed by atoms with Gasteiger partial charge in [0.25, 0.3) is 5.91 Å². The van der Waals surface area contributed by atoms with Crippen LogP contribution < -0.4 is 10.1 Å². The highest BCUT2D eigenvalue weighted by atomic mass is 35.5. The van der Waals surface area contributed by atoms with E-state index in [0.29, 0.717) is 28.1 Å². The van der Waals surface area contributed by atoms with Crippen LogP contribution in [0.1, 0.15) is 12.5 Å². The van der Waals surface area contributed by atoms with Crippen LogP contribution in [0.15, 0.2) is 60.7 Å². The molecule has 28 heavy (non-hydrogen) atoms. The van der Waals surface area contributed by atoms with E-state index in [4.69, 9.17) is 27.9 Å². The van der Waals surface area contributed by atoms with Crippen LogP contribution in [0.3, 0.4) is 0 Å². The molecular weight excluding hydrogens is 413 g/mol. The minimum absolute atomic E-state index is 0.135. The van der Waals surface area contributed by atoms with Crippen LogP contribution >= 0.6 is 35.0 Å². The summed E-state index contributed by atoms with van der Waals surface area (Å²) < 4.78 is 5.89. The van der Waals surface area contributed by atoms with Gasteiger partial charge in [-0.2, -0.15) is 11.8 Å². The van der Waals surface area contributed by atoms with E-state index >= 15 is 0 Å². The molecule has 3 rings (SSSR count). The van der Waals surface area contributed by atoms with Crippen molar-refractivity contribution in [2.45, 2.75) is 18.8 Å². The van der Waals surface area contributed by atoms with Crippen LogP contribution in [0.5, 0.6) is 5.75 Å². The van der Waals surface area contributed by atoms with E-state index in [0.717, 1.165) is 22.1 Å². The fourth-order valence-electron chi connectivity index (χ4n) is 2.78. The largest absolute Gasteiger partial charge is 0.480 e. The number of amides is 1. The van der Waals surface area contributed by atoms with Crippen molar-refractivity contribution in [2.24, 2.45) is 0 Å². The molecule has 0 saturated heterocycles. The summed E-state index contributed by atoms with van der Waals surface area (Å²) in [7, 11) is 0. The number of ether oxygens (including phenoxy) is 1. The van der Waals surface area contributed by atoms with Crippen molar-refractivity contribution in [2.75, 3.05) is 12.3 Å². The molecule has 3 nitrogen and oxygen atoms in total. The molecule has 0 heterocycles. The second-order valence-electron chi connectivity index (χ2n) is 6.28. The van der Waals surface area contributed by atoms with E-state index in [1.807, 2.05) is 60.7 Å². The molecule has 0 aliphatic heterocycles. The molecule has 146 valence electrons. The summed E-state index contributed by atoms with van der Waals surface area (Å²) in [6.45, 7) is 2.31. The minimum Gasteiger partial charge on any atom is -0.480 e. The minimum atomic E-state index is -0.575. The lowest BCUT2D eigenvalue weighted by Gasteiger charge is -2.16. The first-order valence-electron chi connectivity index (χ1n) is 8.99. The highest BCUT2D eigenvalue weighted by Gasteiger charge is 2.15. The fraction of sp³-hybridized carbons (Fsp3) is 0.227. The highest BCUT2D eigenvalue weighted by molar-refractivity contribution is 7.98. The monoisotopic (exact) mass is 433 g/mol. The Labute approximate surface area is 179 Å². The molecule has 0 unspecified atom stereocenters. The molecule has 1 amide bonds. The number of nitrogens with one attached hydrogen (secondary N) is 1. The molecule has 0 saturated carbocycles. The third kappa shape index (κ3) is 5.34. The molecule has 0 aliphatic rings. The molecule has 1 N–H and O–H groups in total. The van der Waals surface area contributed by atoms with Crippen molar-refractivity contribution in [1.82, 2.24) is 5.32 Å². The number of carbonyl (C=O) groups excluding carboxylic acids is 1. The van der Waals surface area contributed by atoms with Crippen molar-refractivity contribution in [3.05, 3.63) is 76.3 Å². The molecule has 0 bridgehead atoms. The van der Waals surface area contributed by atoms with Crippen molar-refractivity contribution in [1.29, 1.82) is 0 Å². The van der Waals surface area contributed by atoms with Gasteiger partial charge in [-0.25, -0.2) is 0 Å². The summed E-state index contributed by atoms with van der Waals surface area (Å²) in [6.07, 6.45) is -0.575. The number of thioether (sulfide) groups is 1. The van der Waals surface area contributed by atoms with Gasteiger partial charge in [0.05, 0.1) is 0 Å². The van der Waals surface area contributed by atoms with E-state index in [1.54, 1.807) is 18.7 Å². The van der Waals surface area contributed by atoms with Crippen molar-refractivity contribution < 1.29 is 9.53 Å². The Morgan fingerprint density at radius 1 is 1.04 bits per heavy atom. The van der Waals surface area contributed by atoms with Gasteiger partial charge in [-0.05, 0) is 36.1 Å². The molecule has 1 atom stereocenters. The fourth-order valence-corrected chi connectivity index (χ4v) is 4.37. The van der Waals surface area contributed by atoms with Gasteiger partial charge >= 0.3 is 0 Å². The third-order valence-electron chi connectivity index (χ3n) is 4.28. The van der Waals surface area contributed by atoms with E-state index in [9.17, 15) is 4.79 Å². The Morgan fingerprint density at radius 2 is 1.71 bits per heavy atom. The molecule has 0 aliphatic carbocycles. The van der Waals surface area contributed by atoms with Gasteiger partial charge in [0.1, 0.15) is 5.75 Å². The second-order valence-corrected chi connectivity index (χ2v) is 8.20. The predicted octanol–water partition coefficient (Wildman–Crippen LogP) is 5.96. The maximum atomic E-state index is 12.3. The smallest absolute Gasteiger partial charge is 0.260 e. The number of rotatable bonds is 8. The summed E-state index contributed by atoms with van der Waals surface area (Å²) in [5, 5.41) is 6.33. The molecule has 0 aromatic heterocycles. The van der Waals surface area contributed by atoms with Crippen molar-refractivity contribution in [3.8, 4) is 5.75 Å². The second kappa shape index (κ2) is 10.1. The predicted molar refractivity (Wildman–Crippen MR) is 120 cm³/mol. The van der Waals surface area contributed by atoms with Gasteiger partial charge in [0.2, 0.25) is 0 Å². The summed E-state index contributed by atoms with van der Waals surface area (Å²) in [6, 6.07) is 19.3. The lowest BCUT2D eigenvalue weighted by atomic mass is 10.1. The summed E-state index contributed by atoms with van der Waals surface area (Å²) in [4.78, 5) is 12.3. The van der Waals surface area contributed by atoms with Crippen LogP contribution in [-0.2, 0) is 10.5 Å². The van der Waals surface area contributed by atoms with Gasteiger partial charge in [-0.15, -0.1) is 0 Å².